The molecule has 0 spiro atoms. The number of halogens is 1. The Labute approximate surface area is 164 Å². The molecule has 0 atom stereocenters. The van der Waals surface area contributed by atoms with E-state index in [1.54, 1.807) is 18.6 Å². The van der Waals surface area contributed by atoms with Gasteiger partial charge in [0.25, 0.3) is 5.91 Å². The van der Waals surface area contributed by atoms with Crippen LogP contribution in [0.3, 0.4) is 0 Å². The van der Waals surface area contributed by atoms with Crippen LogP contribution >= 0.6 is 15.9 Å². The Morgan fingerprint density at radius 2 is 2.19 bits per heavy atom. The number of carbonyl (C=O) groups is 1. The number of carbonyl (C=O) groups excluding carboxylic acids is 1. The lowest BCUT2D eigenvalue weighted by molar-refractivity contribution is 0.0931. The van der Waals surface area contributed by atoms with Crippen molar-refractivity contribution >= 4 is 21.8 Å². The van der Waals surface area contributed by atoms with E-state index in [1.807, 2.05) is 31.2 Å². The number of aromatic nitrogens is 4. The van der Waals surface area contributed by atoms with Crippen molar-refractivity contribution < 1.29 is 9.53 Å². The number of nitrogens with zero attached hydrogens (tertiary/aromatic N) is 4. The normalized spacial score (nSPS) is 14.6. The Bertz CT molecular complexity index is 983. The van der Waals surface area contributed by atoms with E-state index in [9.17, 15) is 4.79 Å². The highest BCUT2D eigenvalue weighted by Crippen LogP contribution is 2.46. The third-order valence-corrected chi connectivity index (χ3v) is 4.94. The van der Waals surface area contributed by atoms with Crippen molar-refractivity contribution in [1.82, 2.24) is 25.1 Å². The van der Waals surface area contributed by atoms with Crippen LogP contribution in [0, 0.1) is 0 Å². The summed E-state index contributed by atoms with van der Waals surface area (Å²) < 4.78 is 7.88. The van der Waals surface area contributed by atoms with E-state index >= 15 is 0 Å². The van der Waals surface area contributed by atoms with Gasteiger partial charge in [-0.15, -0.1) is 0 Å². The highest BCUT2D eigenvalue weighted by molar-refractivity contribution is 9.10. The number of ether oxygens (including phenoxy) is 1. The fraction of sp³-hybridized carbons (Fsp3) is 0.263. The van der Waals surface area contributed by atoms with Gasteiger partial charge in [0.05, 0.1) is 36.3 Å². The summed E-state index contributed by atoms with van der Waals surface area (Å²) in [5.41, 5.74) is 1.28. The molecule has 1 amide bonds. The van der Waals surface area contributed by atoms with Gasteiger partial charge in [0.1, 0.15) is 0 Å². The first-order chi connectivity index (χ1) is 13.1. The Kier molecular flexibility index (Phi) is 4.65. The van der Waals surface area contributed by atoms with Crippen LogP contribution in [0.5, 0.6) is 5.88 Å². The lowest BCUT2D eigenvalue weighted by Crippen LogP contribution is -2.34. The van der Waals surface area contributed by atoms with Crippen LogP contribution in [-0.2, 0) is 5.54 Å². The molecule has 27 heavy (non-hydrogen) atoms. The maximum atomic E-state index is 12.7. The molecule has 1 saturated carbocycles. The van der Waals surface area contributed by atoms with E-state index in [1.165, 1.54) is 10.9 Å². The third kappa shape index (κ3) is 3.71. The molecule has 2 heterocycles. The number of hydrogen-bond donors (Lipinski definition) is 1. The summed E-state index contributed by atoms with van der Waals surface area (Å²) in [4.78, 5) is 21.2. The quantitative estimate of drug-likeness (QED) is 0.652. The minimum absolute atomic E-state index is 0.160. The molecule has 138 valence electrons. The average molecular weight is 428 g/mol. The fourth-order valence-electron chi connectivity index (χ4n) is 2.92. The van der Waals surface area contributed by atoms with Gasteiger partial charge < -0.3 is 10.1 Å². The van der Waals surface area contributed by atoms with E-state index in [0.29, 0.717) is 23.9 Å². The third-order valence-electron chi connectivity index (χ3n) is 4.45. The molecule has 8 heteroatoms. The minimum atomic E-state index is -0.294. The number of nitrogens with one attached hydrogen (secondary N) is 1. The van der Waals surface area contributed by atoms with Crippen molar-refractivity contribution in [3.63, 3.8) is 0 Å². The molecule has 4 rings (SSSR count). The number of benzene rings is 1. The maximum Gasteiger partial charge on any atom is 0.255 e. The second-order valence-corrected chi connectivity index (χ2v) is 7.28. The van der Waals surface area contributed by atoms with Gasteiger partial charge in [0.15, 0.2) is 5.82 Å². The summed E-state index contributed by atoms with van der Waals surface area (Å²) in [7, 11) is 0. The predicted octanol–water partition coefficient (Wildman–Crippen LogP) is 3.24. The van der Waals surface area contributed by atoms with Crippen LogP contribution < -0.4 is 10.1 Å². The Morgan fingerprint density at radius 3 is 2.93 bits per heavy atom. The van der Waals surface area contributed by atoms with Gasteiger partial charge in [0, 0.05) is 10.7 Å². The first-order valence-electron chi connectivity index (χ1n) is 8.68. The predicted molar refractivity (Wildman–Crippen MR) is 103 cm³/mol. The number of rotatable bonds is 6. The zero-order chi connectivity index (χ0) is 18.9. The average Bonchev–Trinajstić information content (AvgIpc) is 3.27. The first-order valence-corrected chi connectivity index (χ1v) is 9.47. The maximum absolute atomic E-state index is 12.7. The van der Waals surface area contributed by atoms with Crippen LogP contribution in [0.1, 0.15) is 35.7 Å². The summed E-state index contributed by atoms with van der Waals surface area (Å²) in [6.45, 7) is 2.38. The summed E-state index contributed by atoms with van der Waals surface area (Å²) in [6.07, 6.45) is 8.13. The lowest BCUT2D eigenvalue weighted by atomic mass is 10.0. The van der Waals surface area contributed by atoms with Gasteiger partial charge in [-0.05, 0) is 37.5 Å². The summed E-state index contributed by atoms with van der Waals surface area (Å²) in [6, 6.07) is 8.04. The van der Waals surface area contributed by atoms with Crippen LogP contribution in [0.15, 0.2) is 53.5 Å². The topological polar surface area (TPSA) is 81.9 Å². The van der Waals surface area contributed by atoms with E-state index < -0.39 is 0 Å². The molecule has 0 radical (unpaired) electrons. The fourth-order valence-corrected chi connectivity index (χ4v) is 3.32. The van der Waals surface area contributed by atoms with Crippen molar-refractivity contribution in [2.45, 2.75) is 25.3 Å². The summed E-state index contributed by atoms with van der Waals surface area (Å²) in [5, 5.41) is 7.39. The number of hydrogen-bond acceptors (Lipinski definition) is 5. The van der Waals surface area contributed by atoms with Crippen molar-refractivity contribution in [2.75, 3.05) is 6.61 Å². The van der Waals surface area contributed by atoms with E-state index in [0.717, 1.165) is 22.9 Å². The summed E-state index contributed by atoms with van der Waals surface area (Å²) in [5.74, 6) is 0.754. The Hall–Kier alpha value is -2.74. The molecule has 0 unspecified atom stereocenters. The van der Waals surface area contributed by atoms with E-state index in [4.69, 9.17) is 4.74 Å². The van der Waals surface area contributed by atoms with Crippen LogP contribution in [0.2, 0.25) is 0 Å². The Balaban J connectivity index is 1.52. The van der Waals surface area contributed by atoms with Gasteiger partial charge in [-0.25, -0.2) is 4.68 Å². The van der Waals surface area contributed by atoms with Crippen LogP contribution in [0.25, 0.3) is 5.82 Å². The molecule has 7 nitrogen and oxygen atoms in total. The molecule has 1 fully saturated rings. The second-order valence-electron chi connectivity index (χ2n) is 6.37. The molecule has 2 aromatic heterocycles. The van der Waals surface area contributed by atoms with Crippen molar-refractivity contribution in [3.05, 3.63) is 64.7 Å². The van der Waals surface area contributed by atoms with Gasteiger partial charge in [-0.3, -0.25) is 9.78 Å². The van der Waals surface area contributed by atoms with Gasteiger partial charge in [-0.2, -0.15) is 10.1 Å². The molecule has 0 aliphatic heterocycles. The van der Waals surface area contributed by atoms with Gasteiger partial charge >= 0.3 is 0 Å². The molecule has 0 bridgehead atoms. The highest BCUT2D eigenvalue weighted by atomic mass is 79.9. The SMILES string of the molecule is CCOc1cncc(-n2cc(C(=O)NC3(c4cccc(Br)c4)CC3)cn2)n1. The van der Waals surface area contributed by atoms with Crippen molar-refractivity contribution in [2.24, 2.45) is 0 Å². The summed E-state index contributed by atoms with van der Waals surface area (Å²) >= 11 is 3.49. The molecule has 1 N–H and O–H groups in total. The van der Waals surface area contributed by atoms with Crippen molar-refractivity contribution in [1.29, 1.82) is 0 Å². The largest absolute Gasteiger partial charge is 0.477 e. The molecular formula is C19H18BrN5O2. The zero-order valence-electron chi connectivity index (χ0n) is 14.7. The highest BCUT2D eigenvalue weighted by Gasteiger charge is 2.45. The van der Waals surface area contributed by atoms with Crippen molar-refractivity contribution in [3.8, 4) is 11.7 Å². The van der Waals surface area contributed by atoms with E-state index in [2.05, 4.69) is 36.3 Å². The standard InChI is InChI=1S/C19H18BrN5O2/c1-2-27-17-11-21-10-16(23-17)25-12-13(9-22-25)18(26)24-19(6-7-19)14-4-3-5-15(20)8-14/h3-5,8-12H,2,6-7H2,1H3,(H,24,26). The molecule has 0 saturated heterocycles. The van der Waals surface area contributed by atoms with E-state index in [-0.39, 0.29) is 11.4 Å². The Morgan fingerprint density at radius 1 is 1.33 bits per heavy atom. The number of amides is 1. The lowest BCUT2D eigenvalue weighted by Gasteiger charge is -2.17. The molecule has 3 aromatic rings. The minimum Gasteiger partial charge on any atom is -0.477 e. The van der Waals surface area contributed by atoms with Crippen LogP contribution in [0.4, 0.5) is 0 Å². The van der Waals surface area contributed by atoms with Gasteiger partial charge in [0.2, 0.25) is 5.88 Å². The monoisotopic (exact) mass is 427 g/mol. The zero-order valence-corrected chi connectivity index (χ0v) is 16.3. The second kappa shape index (κ2) is 7.11. The molecular weight excluding hydrogens is 410 g/mol. The molecule has 1 aliphatic carbocycles. The molecule has 1 aromatic carbocycles. The molecule has 1 aliphatic rings. The smallest absolute Gasteiger partial charge is 0.255 e. The van der Waals surface area contributed by atoms with Crippen LogP contribution in [-0.4, -0.2) is 32.3 Å². The first kappa shape index (κ1) is 17.7. The van der Waals surface area contributed by atoms with Gasteiger partial charge in [-0.1, -0.05) is 28.1 Å².